The Morgan fingerprint density at radius 1 is 0.429 bits per heavy atom. The van der Waals surface area contributed by atoms with E-state index >= 15 is 0 Å². The van der Waals surface area contributed by atoms with Gasteiger partial charge in [0.15, 0.2) is 12.4 Å². The molecule has 91 heavy (non-hydrogen) atoms. The lowest BCUT2D eigenvalue weighted by atomic mass is 9.99. The molecule has 1 aliphatic rings. The van der Waals surface area contributed by atoms with Crippen LogP contribution in [0.1, 0.15) is 400 Å². The molecule has 1 heterocycles. The van der Waals surface area contributed by atoms with Crippen LogP contribution < -0.4 is 5.32 Å². The number of aliphatic hydroxyl groups is 5. The second kappa shape index (κ2) is 67.8. The zero-order valence-electron chi connectivity index (χ0n) is 60.0. The van der Waals surface area contributed by atoms with Crippen molar-refractivity contribution in [2.24, 2.45) is 0 Å². The van der Waals surface area contributed by atoms with Crippen LogP contribution in [0.15, 0.2) is 36.5 Å². The first-order chi connectivity index (χ1) is 44.7. The van der Waals surface area contributed by atoms with E-state index in [-0.39, 0.29) is 13.0 Å². The van der Waals surface area contributed by atoms with Crippen molar-refractivity contribution in [1.82, 2.24) is 5.32 Å². The summed E-state index contributed by atoms with van der Waals surface area (Å²) in [5.41, 5.74) is 0. The van der Waals surface area contributed by atoms with Crippen LogP contribution in [-0.2, 0) is 23.8 Å². The van der Waals surface area contributed by atoms with E-state index in [2.05, 4.69) is 50.4 Å². The third-order valence-electron chi connectivity index (χ3n) is 19.0. The highest BCUT2D eigenvalue weighted by Gasteiger charge is 2.47. The number of esters is 1. The Labute approximate surface area is 562 Å². The predicted molar refractivity (Wildman–Crippen MR) is 384 cm³/mol. The van der Waals surface area contributed by atoms with E-state index in [1.165, 1.54) is 289 Å². The van der Waals surface area contributed by atoms with Gasteiger partial charge in [0, 0.05) is 6.42 Å². The van der Waals surface area contributed by atoms with Crippen LogP contribution >= 0.6 is 0 Å². The van der Waals surface area contributed by atoms with Gasteiger partial charge in [-0.1, -0.05) is 372 Å². The minimum atomic E-state index is -1.61. The summed E-state index contributed by atoms with van der Waals surface area (Å²) < 4.78 is 17.7. The van der Waals surface area contributed by atoms with Gasteiger partial charge in [-0.15, -0.1) is 0 Å². The third kappa shape index (κ3) is 54.7. The number of hydrogen-bond donors (Lipinski definition) is 6. The average Bonchev–Trinajstić information content (AvgIpc) is 1.14. The highest BCUT2D eigenvalue weighted by atomic mass is 16.7. The van der Waals surface area contributed by atoms with E-state index in [0.717, 1.165) is 64.2 Å². The van der Waals surface area contributed by atoms with Gasteiger partial charge in [0.1, 0.15) is 24.4 Å². The fraction of sp³-hybridized carbons (Fsp3) is 0.900. The lowest BCUT2D eigenvalue weighted by Gasteiger charge is -2.41. The van der Waals surface area contributed by atoms with Crippen molar-refractivity contribution in [1.29, 1.82) is 0 Å². The number of ether oxygens (including phenoxy) is 3. The molecule has 8 unspecified atom stereocenters. The molecule has 1 rings (SSSR count). The molecule has 0 spiro atoms. The first kappa shape index (κ1) is 86.9. The van der Waals surface area contributed by atoms with Crippen molar-refractivity contribution >= 4 is 11.9 Å². The van der Waals surface area contributed by atoms with Crippen molar-refractivity contribution in [2.75, 3.05) is 13.2 Å². The molecule has 536 valence electrons. The SMILES string of the molecule is CCCCC/C=C\C/C=C\CCCCCCCCCCCCCCCCCCCC(=O)OC1C(OCC(NC(=O)C(O)CCCCCCCCCCCCCCCCCCCCCCCCCC)C(O)/C=C/CCCCCCCCCCC)OC(CO)C(O)C1O. The summed E-state index contributed by atoms with van der Waals surface area (Å²) in [4.78, 5) is 26.8. The van der Waals surface area contributed by atoms with E-state index in [0.29, 0.717) is 19.3 Å². The summed E-state index contributed by atoms with van der Waals surface area (Å²) >= 11 is 0. The molecule has 1 aliphatic heterocycles. The van der Waals surface area contributed by atoms with Gasteiger partial charge in [0.05, 0.1) is 25.4 Å². The molecule has 6 N–H and O–H groups in total. The highest BCUT2D eigenvalue weighted by molar-refractivity contribution is 5.80. The van der Waals surface area contributed by atoms with Crippen molar-refractivity contribution in [2.45, 2.75) is 449 Å². The fourth-order valence-corrected chi connectivity index (χ4v) is 12.8. The number of aliphatic hydroxyl groups excluding tert-OH is 5. The Morgan fingerprint density at radius 2 is 0.758 bits per heavy atom. The largest absolute Gasteiger partial charge is 0.454 e. The molecule has 1 amide bonds. The molecule has 0 aromatic carbocycles. The Balaban J connectivity index is 2.46. The molecule has 0 aromatic rings. The Morgan fingerprint density at radius 3 is 1.14 bits per heavy atom. The number of carbonyl (C=O) groups excluding carboxylic acids is 2. The van der Waals surface area contributed by atoms with Gasteiger partial charge in [-0.2, -0.15) is 0 Å². The molecule has 0 aromatic heterocycles. The van der Waals surface area contributed by atoms with Crippen molar-refractivity contribution in [3.63, 3.8) is 0 Å². The van der Waals surface area contributed by atoms with Crippen LogP contribution in [0.2, 0.25) is 0 Å². The summed E-state index contributed by atoms with van der Waals surface area (Å²) in [5.74, 6) is -1.17. The standard InChI is InChI=1S/C80H151NO10/c1-4-7-10-13-16-19-22-24-26-28-30-32-34-36-37-38-40-42-44-46-48-50-53-56-59-62-65-68-75(85)91-78-77(87)76(86)74(69-82)90-80(78)89-70-71(72(83)66-63-60-57-54-51-21-18-15-12-9-6-3)81-79(88)73(84)67-64-61-58-55-52-49-47-45-43-41-39-35-33-31-29-27-25-23-20-17-14-11-8-5-2/h16,19,24,26,63,66,71-74,76-78,80,82-84,86-87H,4-15,17-18,20-23,25,27-62,64-65,67-70H2,1-3H3,(H,81,88)/b19-16-,26-24-,66-63+. The second-order valence-electron chi connectivity index (χ2n) is 27.8. The molecule has 0 bridgehead atoms. The van der Waals surface area contributed by atoms with Gasteiger partial charge in [-0.3, -0.25) is 9.59 Å². The highest BCUT2D eigenvalue weighted by Crippen LogP contribution is 2.27. The number of nitrogens with one attached hydrogen (secondary N) is 1. The zero-order chi connectivity index (χ0) is 66.0. The number of unbranched alkanes of at least 4 members (excludes halogenated alkanes) is 52. The molecular weight excluding hydrogens is 1130 g/mol. The third-order valence-corrected chi connectivity index (χ3v) is 19.0. The van der Waals surface area contributed by atoms with Gasteiger partial charge in [0.2, 0.25) is 5.91 Å². The number of carbonyl (C=O) groups is 2. The number of allylic oxidation sites excluding steroid dienone is 5. The number of hydrogen-bond acceptors (Lipinski definition) is 10. The van der Waals surface area contributed by atoms with E-state index in [1.807, 2.05) is 6.08 Å². The van der Waals surface area contributed by atoms with E-state index in [4.69, 9.17) is 14.2 Å². The molecule has 0 radical (unpaired) electrons. The molecule has 0 saturated carbocycles. The van der Waals surface area contributed by atoms with E-state index in [9.17, 15) is 35.1 Å². The van der Waals surface area contributed by atoms with Gasteiger partial charge in [-0.25, -0.2) is 0 Å². The van der Waals surface area contributed by atoms with Gasteiger partial charge in [-0.05, 0) is 57.8 Å². The Hall–Kier alpha value is -2.12. The number of rotatable bonds is 70. The molecule has 8 atom stereocenters. The summed E-state index contributed by atoms with van der Waals surface area (Å²) in [7, 11) is 0. The average molecular weight is 1290 g/mol. The maximum atomic E-state index is 13.5. The second-order valence-corrected chi connectivity index (χ2v) is 27.8. The zero-order valence-corrected chi connectivity index (χ0v) is 60.0. The van der Waals surface area contributed by atoms with E-state index < -0.39 is 67.4 Å². The van der Waals surface area contributed by atoms with Crippen LogP contribution in [0.5, 0.6) is 0 Å². The minimum Gasteiger partial charge on any atom is -0.454 e. The Kier molecular flexibility index (Phi) is 64.8. The quantitative estimate of drug-likeness (QED) is 0.0195. The monoisotopic (exact) mass is 1290 g/mol. The van der Waals surface area contributed by atoms with Crippen molar-refractivity contribution in [3.8, 4) is 0 Å². The predicted octanol–water partition coefficient (Wildman–Crippen LogP) is 21.3. The molecule has 1 fully saturated rings. The van der Waals surface area contributed by atoms with Gasteiger partial charge in [0.25, 0.3) is 0 Å². The van der Waals surface area contributed by atoms with Crippen LogP contribution in [0.25, 0.3) is 0 Å². The molecule has 11 nitrogen and oxygen atoms in total. The normalized spacial score (nSPS) is 18.1. The molecular formula is C80H151NO10. The van der Waals surface area contributed by atoms with Gasteiger partial charge >= 0.3 is 5.97 Å². The van der Waals surface area contributed by atoms with Crippen molar-refractivity contribution in [3.05, 3.63) is 36.5 Å². The summed E-state index contributed by atoms with van der Waals surface area (Å²) in [6.07, 6.45) is 75.0. The topological polar surface area (TPSA) is 175 Å². The maximum Gasteiger partial charge on any atom is 0.306 e. The maximum absolute atomic E-state index is 13.5. The van der Waals surface area contributed by atoms with Crippen molar-refractivity contribution < 1.29 is 49.3 Å². The van der Waals surface area contributed by atoms with E-state index in [1.54, 1.807) is 6.08 Å². The molecule has 1 saturated heterocycles. The Bertz CT molecular complexity index is 1620. The van der Waals surface area contributed by atoms with Crippen LogP contribution in [0, 0.1) is 0 Å². The smallest absolute Gasteiger partial charge is 0.306 e. The molecule has 11 heteroatoms. The summed E-state index contributed by atoms with van der Waals surface area (Å²) in [6.45, 7) is 5.84. The summed E-state index contributed by atoms with van der Waals surface area (Å²) in [6, 6.07) is -1.02. The first-order valence-electron chi connectivity index (χ1n) is 39.8. The fourth-order valence-electron chi connectivity index (χ4n) is 12.8. The lowest BCUT2D eigenvalue weighted by Crippen LogP contribution is -2.61. The van der Waals surface area contributed by atoms with Crippen LogP contribution in [-0.4, -0.2) is 99.6 Å². The lowest BCUT2D eigenvalue weighted by molar-refractivity contribution is -0.305. The molecule has 0 aliphatic carbocycles. The summed E-state index contributed by atoms with van der Waals surface area (Å²) in [5, 5.41) is 57.4. The van der Waals surface area contributed by atoms with Crippen LogP contribution in [0.3, 0.4) is 0 Å². The minimum absolute atomic E-state index is 0.128. The van der Waals surface area contributed by atoms with Gasteiger partial charge < -0.3 is 45.1 Å². The first-order valence-corrected chi connectivity index (χ1v) is 39.8. The van der Waals surface area contributed by atoms with Crippen LogP contribution in [0.4, 0.5) is 0 Å². The number of amides is 1.